The first-order chi connectivity index (χ1) is 11.9. The first kappa shape index (κ1) is 19.1. The summed E-state index contributed by atoms with van der Waals surface area (Å²) in [5.41, 5.74) is 6.53. The van der Waals surface area contributed by atoms with Gasteiger partial charge in [0.1, 0.15) is 0 Å². The quantitative estimate of drug-likeness (QED) is 0.694. The van der Waals surface area contributed by atoms with E-state index in [0.29, 0.717) is 31.9 Å². The minimum atomic E-state index is -0.323. The Kier molecular flexibility index (Phi) is 6.69. The van der Waals surface area contributed by atoms with Crippen molar-refractivity contribution >= 4 is 11.8 Å². The summed E-state index contributed by atoms with van der Waals surface area (Å²) in [5, 5.41) is 2.86. The van der Waals surface area contributed by atoms with Crippen LogP contribution < -0.4 is 16.7 Å². The van der Waals surface area contributed by atoms with E-state index in [1.807, 2.05) is 13.0 Å². The molecule has 1 aliphatic rings. The van der Waals surface area contributed by atoms with Gasteiger partial charge in [-0.3, -0.25) is 14.2 Å². The monoisotopic (exact) mass is 349 g/mol. The first-order valence-electron chi connectivity index (χ1n) is 8.70. The summed E-state index contributed by atoms with van der Waals surface area (Å²) in [6.45, 7) is 6.72. The molecule has 1 aromatic rings. The van der Waals surface area contributed by atoms with Crippen LogP contribution in [0.1, 0.15) is 30.7 Å². The summed E-state index contributed by atoms with van der Waals surface area (Å²) in [5.74, 6) is -0.440. The third kappa shape index (κ3) is 5.67. The lowest BCUT2D eigenvalue weighted by molar-refractivity contribution is -0.124. The molecular formula is C17H27N5O3. The Morgan fingerprint density at radius 1 is 1.36 bits per heavy atom. The fraction of sp³-hybridized carbons (Fsp3) is 0.647. The number of carbonyl (C=O) groups is 2. The number of primary amides is 1. The predicted molar refractivity (Wildman–Crippen MR) is 94.0 cm³/mol. The van der Waals surface area contributed by atoms with Crippen LogP contribution in [0, 0.1) is 19.8 Å². The molecule has 0 unspecified atom stereocenters. The van der Waals surface area contributed by atoms with Crippen molar-refractivity contribution in [3.63, 3.8) is 0 Å². The number of nitrogens with zero attached hydrogens (tertiary/aromatic N) is 3. The summed E-state index contributed by atoms with van der Waals surface area (Å²) < 4.78 is 1.51. The second-order valence-electron chi connectivity index (χ2n) is 6.62. The van der Waals surface area contributed by atoms with Crippen LogP contribution in [0.25, 0.3) is 0 Å². The third-order valence-corrected chi connectivity index (χ3v) is 4.57. The van der Waals surface area contributed by atoms with Crippen molar-refractivity contribution in [3.8, 4) is 0 Å². The highest BCUT2D eigenvalue weighted by molar-refractivity contribution is 5.77. The summed E-state index contributed by atoms with van der Waals surface area (Å²) in [6.07, 6.45) is 2.02. The van der Waals surface area contributed by atoms with E-state index in [4.69, 9.17) is 5.73 Å². The Labute approximate surface area is 147 Å². The molecule has 0 spiro atoms. The van der Waals surface area contributed by atoms with Crippen molar-refractivity contribution in [2.45, 2.75) is 39.7 Å². The van der Waals surface area contributed by atoms with Gasteiger partial charge >= 0.3 is 5.69 Å². The number of hydrogen-bond donors (Lipinski definition) is 2. The van der Waals surface area contributed by atoms with Gasteiger partial charge in [0.25, 0.3) is 0 Å². The van der Waals surface area contributed by atoms with Gasteiger partial charge in [0.15, 0.2) is 0 Å². The highest BCUT2D eigenvalue weighted by Crippen LogP contribution is 2.15. The zero-order valence-electron chi connectivity index (χ0n) is 15.0. The number of hydrogen-bond acceptors (Lipinski definition) is 5. The zero-order valence-corrected chi connectivity index (χ0v) is 15.0. The minimum Gasteiger partial charge on any atom is -0.369 e. The van der Waals surface area contributed by atoms with E-state index in [2.05, 4.69) is 15.2 Å². The van der Waals surface area contributed by atoms with Gasteiger partial charge in [-0.2, -0.15) is 4.98 Å². The summed E-state index contributed by atoms with van der Waals surface area (Å²) in [6, 6.07) is 1.82. The van der Waals surface area contributed by atoms with E-state index in [1.165, 1.54) is 4.57 Å². The van der Waals surface area contributed by atoms with Gasteiger partial charge in [-0.1, -0.05) is 0 Å². The van der Waals surface area contributed by atoms with E-state index in [9.17, 15) is 14.4 Å². The molecule has 1 saturated heterocycles. The minimum absolute atomic E-state index is 0.0895. The van der Waals surface area contributed by atoms with Crippen LogP contribution in [0.5, 0.6) is 0 Å². The predicted octanol–water partition coefficient (Wildman–Crippen LogP) is -0.436. The molecule has 25 heavy (non-hydrogen) atoms. The summed E-state index contributed by atoms with van der Waals surface area (Å²) in [4.78, 5) is 41.1. The van der Waals surface area contributed by atoms with E-state index in [-0.39, 0.29) is 29.8 Å². The van der Waals surface area contributed by atoms with E-state index >= 15 is 0 Å². The molecule has 138 valence electrons. The number of carbonyl (C=O) groups excluding carboxylic acids is 2. The fourth-order valence-electron chi connectivity index (χ4n) is 3.19. The van der Waals surface area contributed by atoms with Gasteiger partial charge in [0.2, 0.25) is 11.8 Å². The number of nitrogens with one attached hydrogen (secondary N) is 1. The largest absolute Gasteiger partial charge is 0.369 e. The molecule has 1 atom stereocenters. The SMILES string of the molecule is Cc1cc(C)n(CCC(=O)NCCN2CCC[C@H](C(N)=O)C2)c(=O)n1. The van der Waals surface area contributed by atoms with Gasteiger partial charge in [-0.15, -0.1) is 0 Å². The standard InChI is InChI=1S/C17H27N5O3/c1-12-10-13(2)22(17(25)20-12)8-5-15(23)19-6-9-21-7-3-4-14(11-21)16(18)24/h10,14H,3-9,11H2,1-2H3,(H2,18,24)(H,19,23)/t14-/m0/s1. The number of aryl methyl sites for hydroxylation is 2. The normalized spacial score (nSPS) is 18.1. The molecule has 8 nitrogen and oxygen atoms in total. The lowest BCUT2D eigenvalue weighted by Gasteiger charge is -2.31. The number of aromatic nitrogens is 2. The Hall–Kier alpha value is -2.22. The molecule has 0 saturated carbocycles. The highest BCUT2D eigenvalue weighted by Gasteiger charge is 2.23. The number of amides is 2. The molecule has 0 bridgehead atoms. The Balaban J connectivity index is 1.73. The number of likely N-dealkylation sites (tertiary alicyclic amines) is 1. The van der Waals surface area contributed by atoms with Crippen LogP contribution in [0.2, 0.25) is 0 Å². The Morgan fingerprint density at radius 3 is 2.80 bits per heavy atom. The number of nitrogens with two attached hydrogens (primary N) is 1. The molecule has 0 aromatic carbocycles. The Bertz CT molecular complexity index is 685. The molecule has 3 N–H and O–H groups in total. The fourth-order valence-corrected chi connectivity index (χ4v) is 3.19. The molecule has 1 aliphatic heterocycles. The maximum absolute atomic E-state index is 12.0. The van der Waals surface area contributed by atoms with E-state index in [1.54, 1.807) is 6.92 Å². The average molecular weight is 349 g/mol. The van der Waals surface area contributed by atoms with Gasteiger partial charge in [0, 0.05) is 44.0 Å². The lowest BCUT2D eigenvalue weighted by Crippen LogP contribution is -2.44. The summed E-state index contributed by atoms with van der Waals surface area (Å²) >= 11 is 0. The molecule has 0 radical (unpaired) electrons. The van der Waals surface area contributed by atoms with Crippen molar-refractivity contribution in [2.24, 2.45) is 11.7 Å². The van der Waals surface area contributed by atoms with Crippen molar-refractivity contribution in [3.05, 3.63) is 27.9 Å². The van der Waals surface area contributed by atoms with Crippen molar-refractivity contribution in [1.82, 2.24) is 19.8 Å². The van der Waals surface area contributed by atoms with E-state index in [0.717, 1.165) is 25.1 Å². The maximum Gasteiger partial charge on any atom is 0.347 e. The van der Waals surface area contributed by atoms with Gasteiger partial charge in [0.05, 0.1) is 5.92 Å². The average Bonchev–Trinajstić information content (AvgIpc) is 2.54. The van der Waals surface area contributed by atoms with Crippen LogP contribution in [0.15, 0.2) is 10.9 Å². The third-order valence-electron chi connectivity index (χ3n) is 4.57. The molecule has 2 heterocycles. The van der Waals surface area contributed by atoms with Gasteiger partial charge in [-0.25, -0.2) is 4.79 Å². The number of rotatable bonds is 7. The van der Waals surface area contributed by atoms with Gasteiger partial charge in [-0.05, 0) is 39.3 Å². The molecule has 0 aliphatic carbocycles. The van der Waals surface area contributed by atoms with Crippen LogP contribution in [0.4, 0.5) is 0 Å². The molecule has 1 aromatic heterocycles. The smallest absolute Gasteiger partial charge is 0.347 e. The van der Waals surface area contributed by atoms with Crippen LogP contribution in [-0.2, 0) is 16.1 Å². The molecular weight excluding hydrogens is 322 g/mol. The van der Waals surface area contributed by atoms with Crippen molar-refractivity contribution in [2.75, 3.05) is 26.2 Å². The van der Waals surface area contributed by atoms with E-state index < -0.39 is 0 Å². The topological polar surface area (TPSA) is 110 Å². The molecule has 8 heteroatoms. The molecule has 2 amide bonds. The lowest BCUT2D eigenvalue weighted by atomic mass is 9.97. The van der Waals surface area contributed by atoms with Crippen molar-refractivity contribution < 1.29 is 9.59 Å². The highest BCUT2D eigenvalue weighted by atomic mass is 16.2. The van der Waals surface area contributed by atoms with Crippen molar-refractivity contribution in [1.29, 1.82) is 0 Å². The number of piperidine rings is 1. The van der Waals surface area contributed by atoms with Gasteiger partial charge < -0.3 is 16.0 Å². The molecule has 1 fully saturated rings. The Morgan fingerprint density at radius 2 is 2.12 bits per heavy atom. The second-order valence-corrected chi connectivity index (χ2v) is 6.62. The van der Waals surface area contributed by atoms with Crippen LogP contribution in [0.3, 0.4) is 0 Å². The van der Waals surface area contributed by atoms with Crippen LogP contribution >= 0.6 is 0 Å². The second kappa shape index (κ2) is 8.75. The first-order valence-corrected chi connectivity index (χ1v) is 8.70. The summed E-state index contributed by atoms with van der Waals surface area (Å²) in [7, 11) is 0. The van der Waals surface area contributed by atoms with Crippen LogP contribution in [-0.4, -0.2) is 52.4 Å². The maximum atomic E-state index is 12.0. The zero-order chi connectivity index (χ0) is 18.4. The molecule has 2 rings (SSSR count).